The van der Waals surface area contributed by atoms with E-state index in [1.54, 1.807) is 0 Å². The number of aliphatic hydroxyl groups excluding tert-OH is 1. The van der Waals surface area contributed by atoms with Gasteiger partial charge in [-0.2, -0.15) is 0 Å². The summed E-state index contributed by atoms with van der Waals surface area (Å²) in [6.45, 7) is 0. The number of ketones is 1. The molecule has 0 heterocycles. The van der Waals surface area contributed by atoms with Crippen molar-refractivity contribution in [2.45, 2.75) is 32.0 Å². The first-order valence-electron chi connectivity index (χ1n) is 3.51. The van der Waals surface area contributed by atoms with Crippen LogP contribution >= 0.6 is 0 Å². The molecule has 0 aromatic rings. The average Bonchev–Trinajstić information content (AvgIpc) is 1.97. The van der Waals surface area contributed by atoms with Crippen LogP contribution in [0.3, 0.4) is 0 Å². The first-order chi connectivity index (χ1) is 5.16. The maximum absolute atomic E-state index is 10.4. The monoisotopic (exact) mass is 160 g/mol. The smallest absolute Gasteiger partial charge is 0.195 e. The predicted octanol–water partition coefficient (Wildman–Crippen LogP) is -0.375. The van der Waals surface area contributed by atoms with Crippen LogP contribution in [0, 0.1) is 0 Å². The molecule has 0 aliphatic carbocycles. The number of carbonyl (C=O) groups excluding carboxylic acids is 2. The largest absolute Gasteiger partial charge is 0.368 e. The zero-order chi connectivity index (χ0) is 8.69. The molecule has 64 valence electrons. The number of hydrogen-bond donors (Lipinski definition) is 2. The highest BCUT2D eigenvalue weighted by molar-refractivity contribution is 6.24. The summed E-state index contributed by atoms with van der Waals surface area (Å²) in [5.41, 5.74) is 0. The van der Waals surface area contributed by atoms with Crippen molar-refractivity contribution >= 4 is 12.1 Å². The lowest BCUT2D eigenvalue weighted by molar-refractivity contribution is -0.130. The number of hydrogen-bond acceptors (Lipinski definition) is 4. The maximum atomic E-state index is 10.4. The molecule has 0 atom stereocenters. The molecule has 0 spiro atoms. The van der Waals surface area contributed by atoms with Crippen LogP contribution < -0.4 is 0 Å². The van der Waals surface area contributed by atoms with E-state index in [4.69, 9.17) is 10.2 Å². The molecule has 0 aliphatic rings. The number of carbonyl (C=O) groups is 2. The van der Waals surface area contributed by atoms with Crippen molar-refractivity contribution in [2.24, 2.45) is 0 Å². The summed E-state index contributed by atoms with van der Waals surface area (Å²) < 4.78 is 0. The summed E-state index contributed by atoms with van der Waals surface area (Å²) in [5.74, 6) is -0.433. The van der Waals surface area contributed by atoms with Gasteiger partial charge in [-0.1, -0.05) is 0 Å². The quantitative estimate of drug-likeness (QED) is 0.240. The van der Waals surface area contributed by atoms with Gasteiger partial charge in [0.25, 0.3) is 0 Å². The Hall–Kier alpha value is -0.740. The van der Waals surface area contributed by atoms with Crippen LogP contribution in [0.2, 0.25) is 0 Å². The standard InChI is InChI=1S/C7H12O4/c8-5-6(9)3-1-2-4-7(10)11/h5,7,10-11H,1-4H2. The highest BCUT2D eigenvalue weighted by Crippen LogP contribution is 2.01. The summed E-state index contributed by atoms with van der Waals surface area (Å²) in [4.78, 5) is 20.1. The molecule has 0 unspecified atom stereocenters. The van der Waals surface area contributed by atoms with Crippen LogP contribution in [-0.2, 0) is 9.59 Å². The Morgan fingerprint density at radius 3 is 2.45 bits per heavy atom. The van der Waals surface area contributed by atoms with Gasteiger partial charge in [0.1, 0.15) is 0 Å². The Labute approximate surface area is 64.8 Å². The van der Waals surface area contributed by atoms with Crippen LogP contribution in [0.1, 0.15) is 25.7 Å². The Morgan fingerprint density at radius 2 is 2.00 bits per heavy atom. The second-order valence-electron chi connectivity index (χ2n) is 2.31. The van der Waals surface area contributed by atoms with E-state index in [-0.39, 0.29) is 19.1 Å². The predicted molar refractivity (Wildman–Crippen MR) is 37.8 cm³/mol. The molecule has 0 saturated heterocycles. The second kappa shape index (κ2) is 6.00. The van der Waals surface area contributed by atoms with Crippen LogP contribution in [0.5, 0.6) is 0 Å². The normalized spacial score (nSPS) is 10.1. The van der Waals surface area contributed by atoms with E-state index >= 15 is 0 Å². The molecular weight excluding hydrogens is 148 g/mol. The van der Waals surface area contributed by atoms with Gasteiger partial charge in [0.2, 0.25) is 0 Å². The van der Waals surface area contributed by atoms with E-state index in [0.29, 0.717) is 12.8 Å². The fourth-order valence-electron chi connectivity index (χ4n) is 0.685. The van der Waals surface area contributed by atoms with E-state index in [0.717, 1.165) is 0 Å². The third kappa shape index (κ3) is 7.15. The summed E-state index contributed by atoms with van der Waals surface area (Å²) in [5, 5.41) is 16.8. The molecule has 0 aliphatic heterocycles. The van der Waals surface area contributed by atoms with Gasteiger partial charge in [-0.15, -0.1) is 0 Å². The minimum atomic E-state index is -1.30. The van der Waals surface area contributed by atoms with E-state index in [1.807, 2.05) is 0 Å². The fraction of sp³-hybridized carbons (Fsp3) is 0.714. The number of aliphatic hydroxyl groups is 2. The molecule has 11 heavy (non-hydrogen) atoms. The van der Waals surface area contributed by atoms with Gasteiger partial charge in [-0.3, -0.25) is 9.59 Å². The van der Waals surface area contributed by atoms with Crippen LogP contribution in [0.25, 0.3) is 0 Å². The second-order valence-corrected chi connectivity index (χ2v) is 2.31. The first kappa shape index (κ1) is 10.3. The van der Waals surface area contributed by atoms with Gasteiger partial charge >= 0.3 is 0 Å². The van der Waals surface area contributed by atoms with Gasteiger partial charge in [-0.05, 0) is 19.3 Å². The Bertz CT molecular complexity index is 130. The SMILES string of the molecule is O=CC(=O)CCCCC(O)O. The molecule has 0 bridgehead atoms. The zero-order valence-electron chi connectivity index (χ0n) is 6.19. The van der Waals surface area contributed by atoms with Gasteiger partial charge in [0.15, 0.2) is 18.4 Å². The molecule has 0 saturated carbocycles. The Kier molecular flexibility index (Phi) is 5.60. The first-order valence-corrected chi connectivity index (χ1v) is 3.51. The van der Waals surface area contributed by atoms with Crippen LogP contribution in [-0.4, -0.2) is 28.6 Å². The van der Waals surface area contributed by atoms with Crippen molar-refractivity contribution in [3.63, 3.8) is 0 Å². The lowest BCUT2D eigenvalue weighted by atomic mass is 10.1. The zero-order valence-corrected chi connectivity index (χ0v) is 6.19. The minimum Gasteiger partial charge on any atom is -0.368 e. The summed E-state index contributed by atoms with van der Waals surface area (Å²) >= 11 is 0. The van der Waals surface area contributed by atoms with Crippen molar-refractivity contribution in [1.82, 2.24) is 0 Å². The van der Waals surface area contributed by atoms with Crippen molar-refractivity contribution in [2.75, 3.05) is 0 Å². The average molecular weight is 160 g/mol. The van der Waals surface area contributed by atoms with Crippen molar-refractivity contribution in [3.8, 4) is 0 Å². The van der Waals surface area contributed by atoms with E-state index in [9.17, 15) is 9.59 Å². The summed E-state index contributed by atoms with van der Waals surface area (Å²) in [7, 11) is 0. The van der Waals surface area contributed by atoms with Gasteiger partial charge in [-0.25, -0.2) is 0 Å². The fourth-order valence-corrected chi connectivity index (χ4v) is 0.685. The lowest BCUT2D eigenvalue weighted by Gasteiger charge is -2.00. The van der Waals surface area contributed by atoms with Crippen LogP contribution in [0.4, 0.5) is 0 Å². The van der Waals surface area contributed by atoms with E-state index in [2.05, 4.69) is 0 Å². The molecule has 4 heteroatoms. The molecule has 0 amide bonds. The minimum absolute atomic E-state index is 0.205. The molecule has 0 fully saturated rings. The molecule has 4 nitrogen and oxygen atoms in total. The third-order valence-electron chi connectivity index (χ3n) is 1.27. The number of aldehydes is 1. The van der Waals surface area contributed by atoms with Gasteiger partial charge in [0, 0.05) is 6.42 Å². The van der Waals surface area contributed by atoms with Crippen LogP contribution in [0.15, 0.2) is 0 Å². The van der Waals surface area contributed by atoms with E-state index < -0.39 is 12.1 Å². The molecule has 0 aromatic heterocycles. The summed E-state index contributed by atoms with van der Waals surface area (Å²) in [6, 6.07) is 0. The van der Waals surface area contributed by atoms with Gasteiger partial charge < -0.3 is 10.2 Å². The Morgan fingerprint density at radius 1 is 1.36 bits per heavy atom. The number of rotatable bonds is 6. The highest BCUT2D eigenvalue weighted by Gasteiger charge is 2.00. The third-order valence-corrected chi connectivity index (χ3v) is 1.27. The van der Waals surface area contributed by atoms with Crippen molar-refractivity contribution in [3.05, 3.63) is 0 Å². The Balaban J connectivity index is 3.14. The molecular formula is C7H12O4. The number of unbranched alkanes of at least 4 members (excludes halogenated alkanes) is 1. The summed E-state index contributed by atoms with van der Waals surface area (Å²) in [6.07, 6.45) is 0.533. The lowest BCUT2D eigenvalue weighted by Crippen LogP contribution is -2.04. The van der Waals surface area contributed by atoms with Crippen molar-refractivity contribution < 1.29 is 19.8 Å². The molecule has 0 radical (unpaired) electrons. The topological polar surface area (TPSA) is 74.6 Å². The maximum Gasteiger partial charge on any atom is 0.195 e. The molecule has 0 aromatic carbocycles. The number of Topliss-reactive ketones (excluding diaryl/α,β-unsaturated/α-hetero) is 1. The van der Waals surface area contributed by atoms with Crippen molar-refractivity contribution in [1.29, 1.82) is 0 Å². The van der Waals surface area contributed by atoms with Gasteiger partial charge in [0.05, 0.1) is 0 Å². The van der Waals surface area contributed by atoms with E-state index in [1.165, 1.54) is 0 Å². The highest BCUT2D eigenvalue weighted by atomic mass is 16.5. The molecule has 0 rings (SSSR count). The molecule has 2 N–H and O–H groups in total.